The average molecular weight is 313 g/mol. The Bertz CT molecular complexity index is 451. The number of unbranched alkanes of at least 4 members (excludes halogenated alkanes) is 2. The van der Waals surface area contributed by atoms with Crippen molar-refractivity contribution in [2.75, 3.05) is 32.8 Å². The number of ether oxygens (including phenoxy) is 2. The zero-order valence-electron chi connectivity index (χ0n) is 13.5. The van der Waals surface area contributed by atoms with E-state index in [0.717, 1.165) is 30.6 Å². The van der Waals surface area contributed by atoms with Crippen molar-refractivity contribution >= 4 is 10.8 Å². The van der Waals surface area contributed by atoms with Crippen LogP contribution in [-0.4, -0.2) is 37.0 Å². The van der Waals surface area contributed by atoms with Crippen molar-refractivity contribution in [3.05, 3.63) is 23.8 Å². The molecule has 0 radical (unpaired) electrons. The molecule has 5 heteroatoms. The van der Waals surface area contributed by atoms with Crippen LogP contribution in [0.3, 0.4) is 0 Å². The van der Waals surface area contributed by atoms with E-state index in [2.05, 4.69) is 12.2 Å². The van der Waals surface area contributed by atoms with E-state index >= 15 is 0 Å². The second kappa shape index (κ2) is 9.79. The van der Waals surface area contributed by atoms with E-state index in [4.69, 9.17) is 9.47 Å². The first-order valence-electron chi connectivity index (χ1n) is 7.40. The Morgan fingerprint density at radius 3 is 2.48 bits per heavy atom. The first-order valence-corrected chi connectivity index (χ1v) is 8.89. The van der Waals surface area contributed by atoms with Crippen molar-refractivity contribution < 1.29 is 13.7 Å². The van der Waals surface area contributed by atoms with Crippen LogP contribution in [0.5, 0.6) is 11.5 Å². The highest BCUT2D eigenvalue weighted by molar-refractivity contribution is 7.85. The van der Waals surface area contributed by atoms with Gasteiger partial charge in [-0.1, -0.05) is 25.8 Å². The molecule has 0 spiro atoms. The van der Waals surface area contributed by atoms with Gasteiger partial charge in [-0.15, -0.1) is 0 Å². The lowest BCUT2D eigenvalue weighted by Gasteiger charge is -2.18. The molecule has 120 valence electrons. The second-order valence-corrected chi connectivity index (χ2v) is 6.59. The highest BCUT2D eigenvalue weighted by Gasteiger charge is 2.15. The molecule has 0 saturated heterocycles. The van der Waals surface area contributed by atoms with Gasteiger partial charge >= 0.3 is 0 Å². The lowest BCUT2D eigenvalue weighted by molar-refractivity contribution is 0.354. The Kier molecular flexibility index (Phi) is 8.38. The Morgan fingerprint density at radius 1 is 1.19 bits per heavy atom. The topological polar surface area (TPSA) is 47.6 Å². The van der Waals surface area contributed by atoms with Gasteiger partial charge in [-0.3, -0.25) is 4.21 Å². The van der Waals surface area contributed by atoms with E-state index < -0.39 is 10.8 Å². The zero-order valence-corrected chi connectivity index (χ0v) is 14.3. The molecule has 0 heterocycles. The standard InChI is InChI=1S/C16H27NO3S/c1-5-6-7-10-21(18)12-14(17-2)13-8-9-15(19-3)16(11-13)20-4/h8-9,11,14,17H,5-7,10,12H2,1-4H3. The molecule has 0 aliphatic carbocycles. The molecule has 0 bridgehead atoms. The van der Waals surface area contributed by atoms with Gasteiger partial charge in [0.2, 0.25) is 0 Å². The SMILES string of the molecule is CCCCCS(=O)CC(NC)c1ccc(OC)c(OC)c1. The van der Waals surface area contributed by atoms with Gasteiger partial charge in [0.15, 0.2) is 11.5 Å². The van der Waals surface area contributed by atoms with Crippen molar-refractivity contribution in [3.8, 4) is 11.5 Å². The van der Waals surface area contributed by atoms with Gasteiger partial charge in [-0.05, 0) is 31.2 Å². The van der Waals surface area contributed by atoms with Gasteiger partial charge in [0.05, 0.1) is 14.2 Å². The molecular weight excluding hydrogens is 286 g/mol. The van der Waals surface area contributed by atoms with E-state index in [1.54, 1.807) is 14.2 Å². The van der Waals surface area contributed by atoms with Crippen molar-refractivity contribution in [2.24, 2.45) is 0 Å². The molecule has 0 fully saturated rings. The predicted octanol–water partition coefficient (Wildman–Crippen LogP) is 2.90. The first-order chi connectivity index (χ1) is 10.2. The highest BCUT2D eigenvalue weighted by Crippen LogP contribution is 2.30. The third-order valence-corrected chi connectivity index (χ3v) is 4.94. The van der Waals surface area contributed by atoms with E-state index in [0.29, 0.717) is 17.3 Å². The normalized spacial score (nSPS) is 13.7. The van der Waals surface area contributed by atoms with Crippen LogP contribution in [-0.2, 0) is 10.8 Å². The summed E-state index contributed by atoms with van der Waals surface area (Å²) in [5.41, 5.74) is 1.07. The molecule has 1 N–H and O–H groups in total. The van der Waals surface area contributed by atoms with Gasteiger partial charge in [0.25, 0.3) is 0 Å². The smallest absolute Gasteiger partial charge is 0.161 e. The van der Waals surface area contributed by atoms with Gasteiger partial charge in [-0.25, -0.2) is 0 Å². The Morgan fingerprint density at radius 2 is 1.90 bits per heavy atom. The highest BCUT2D eigenvalue weighted by atomic mass is 32.2. The van der Waals surface area contributed by atoms with Gasteiger partial charge < -0.3 is 14.8 Å². The number of benzene rings is 1. The fraction of sp³-hybridized carbons (Fsp3) is 0.625. The lowest BCUT2D eigenvalue weighted by atomic mass is 10.1. The minimum absolute atomic E-state index is 0.0623. The number of rotatable bonds is 10. The summed E-state index contributed by atoms with van der Waals surface area (Å²) >= 11 is 0. The number of hydrogen-bond acceptors (Lipinski definition) is 4. The summed E-state index contributed by atoms with van der Waals surface area (Å²) in [6.45, 7) is 2.16. The predicted molar refractivity (Wildman–Crippen MR) is 88.7 cm³/mol. The van der Waals surface area contributed by atoms with E-state index in [1.807, 2.05) is 25.2 Å². The van der Waals surface area contributed by atoms with Crippen LogP contribution in [0, 0.1) is 0 Å². The summed E-state index contributed by atoms with van der Waals surface area (Å²) in [7, 11) is 4.34. The number of nitrogens with one attached hydrogen (secondary N) is 1. The maximum Gasteiger partial charge on any atom is 0.161 e. The lowest BCUT2D eigenvalue weighted by Crippen LogP contribution is -2.23. The third-order valence-electron chi connectivity index (χ3n) is 3.49. The minimum atomic E-state index is -0.802. The van der Waals surface area contributed by atoms with Crippen LogP contribution >= 0.6 is 0 Å². The molecule has 1 aromatic carbocycles. The number of methoxy groups -OCH3 is 2. The first kappa shape index (κ1) is 18.0. The molecule has 21 heavy (non-hydrogen) atoms. The van der Waals surface area contributed by atoms with Crippen LogP contribution in [0.15, 0.2) is 18.2 Å². The molecule has 2 unspecified atom stereocenters. The summed E-state index contributed by atoms with van der Waals surface area (Å²) in [4.78, 5) is 0. The minimum Gasteiger partial charge on any atom is -0.493 e. The summed E-state index contributed by atoms with van der Waals surface area (Å²) in [5.74, 6) is 2.81. The van der Waals surface area contributed by atoms with Crippen LogP contribution in [0.2, 0.25) is 0 Å². The Hall–Kier alpha value is -1.07. The molecule has 0 amide bonds. The second-order valence-electron chi connectivity index (χ2n) is 4.97. The quantitative estimate of drug-likeness (QED) is 0.675. The van der Waals surface area contributed by atoms with Gasteiger partial charge in [-0.2, -0.15) is 0 Å². The Labute approximate surface area is 130 Å². The summed E-state index contributed by atoms with van der Waals surface area (Å²) in [5, 5.41) is 3.24. The fourth-order valence-corrected chi connectivity index (χ4v) is 3.62. The summed E-state index contributed by atoms with van der Waals surface area (Å²) in [6, 6.07) is 5.89. The van der Waals surface area contributed by atoms with Gasteiger partial charge in [0.1, 0.15) is 0 Å². The summed E-state index contributed by atoms with van der Waals surface area (Å²) < 4.78 is 22.7. The zero-order chi connectivity index (χ0) is 15.7. The van der Waals surface area contributed by atoms with Crippen LogP contribution in [0.4, 0.5) is 0 Å². The van der Waals surface area contributed by atoms with E-state index in [9.17, 15) is 4.21 Å². The molecule has 1 rings (SSSR count). The van der Waals surface area contributed by atoms with Crippen molar-refractivity contribution in [1.82, 2.24) is 5.32 Å². The van der Waals surface area contributed by atoms with Crippen LogP contribution < -0.4 is 14.8 Å². The molecule has 0 aliphatic rings. The maximum absolute atomic E-state index is 12.2. The number of hydrogen-bond donors (Lipinski definition) is 1. The monoisotopic (exact) mass is 313 g/mol. The van der Waals surface area contributed by atoms with Crippen molar-refractivity contribution in [2.45, 2.75) is 32.2 Å². The molecule has 0 aliphatic heterocycles. The van der Waals surface area contributed by atoms with E-state index in [-0.39, 0.29) is 6.04 Å². The Balaban J connectivity index is 2.73. The molecule has 0 saturated carbocycles. The molecule has 4 nitrogen and oxygen atoms in total. The van der Waals surface area contributed by atoms with Crippen molar-refractivity contribution in [3.63, 3.8) is 0 Å². The largest absolute Gasteiger partial charge is 0.493 e. The third kappa shape index (κ3) is 5.67. The molecular formula is C16H27NO3S. The molecule has 2 atom stereocenters. The van der Waals surface area contributed by atoms with Crippen LogP contribution in [0.25, 0.3) is 0 Å². The fourth-order valence-electron chi connectivity index (χ4n) is 2.20. The van der Waals surface area contributed by atoms with Crippen LogP contribution in [0.1, 0.15) is 37.8 Å². The summed E-state index contributed by atoms with van der Waals surface area (Å²) in [6.07, 6.45) is 3.33. The van der Waals surface area contributed by atoms with Gasteiger partial charge in [0, 0.05) is 28.3 Å². The molecule has 1 aromatic rings. The van der Waals surface area contributed by atoms with E-state index in [1.165, 1.54) is 0 Å². The molecule has 0 aromatic heterocycles. The average Bonchev–Trinajstić information content (AvgIpc) is 2.52. The van der Waals surface area contributed by atoms with Crippen molar-refractivity contribution in [1.29, 1.82) is 0 Å². The maximum atomic E-state index is 12.2.